The number of carbonyl (C=O) groups excluding carboxylic acids is 1. The zero-order valence-electron chi connectivity index (χ0n) is 13.5. The molecule has 0 saturated carbocycles. The summed E-state index contributed by atoms with van der Waals surface area (Å²) in [5, 5.41) is 8.61. The molecule has 0 fully saturated rings. The average molecular weight is 349 g/mol. The maximum absolute atomic E-state index is 11.5. The molecule has 4 rings (SSSR count). The molecule has 1 aromatic carbocycles. The Balaban J connectivity index is 1.55. The van der Waals surface area contributed by atoms with Crippen LogP contribution in [0.5, 0.6) is 0 Å². The predicted molar refractivity (Wildman–Crippen MR) is 97.9 cm³/mol. The molecule has 0 radical (unpaired) electrons. The van der Waals surface area contributed by atoms with Crippen LogP contribution in [0, 0.1) is 0 Å². The van der Waals surface area contributed by atoms with Crippen LogP contribution in [0.3, 0.4) is 0 Å². The van der Waals surface area contributed by atoms with Gasteiger partial charge in [-0.15, -0.1) is 5.10 Å². The Morgan fingerprint density at radius 1 is 1.24 bits per heavy atom. The van der Waals surface area contributed by atoms with E-state index >= 15 is 0 Å². The number of fused-ring (bicyclic) bond motifs is 1. The summed E-state index contributed by atoms with van der Waals surface area (Å²) in [6.45, 7) is 2.25. The molecular formula is C18H15N5OS. The van der Waals surface area contributed by atoms with E-state index in [1.165, 1.54) is 11.3 Å². The fraction of sp³-hybridized carbons (Fsp3) is 0.111. The number of rotatable bonds is 5. The van der Waals surface area contributed by atoms with Crippen molar-refractivity contribution in [1.29, 1.82) is 0 Å². The Kier molecular flexibility index (Phi) is 3.99. The highest BCUT2D eigenvalue weighted by atomic mass is 32.1. The summed E-state index contributed by atoms with van der Waals surface area (Å²) >= 11 is 1.49. The summed E-state index contributed by atoms with van der Waals surface area (Å²) < 4.78 is 1.76. The molecule has 7 heteroatoms. The maximum atomic E-state index is 11.5. The number of anilines is 1. The molecule has 0 bridgehead atoms. The highest BCUT2D eigenvalue weighted by Gasteiger charge is 2.11. The number of nitrogens with one attached hydrogen (secondary N) is 1. The fourth-order valence-electron chi connectivity index (χ4n) is 2.49. The van der Waals surface area contributed by atoms with Crippen LogP contribution in [0.4, 0.5) is 5.13 Å². The minimum atomic E-state index is 0.0450. The first kappa shape index (κ1) is 15.5. The number of carbonyl (C=O) groups is 1. The Labute approximate surface area is 148 Å². The quantitative estimate of drug-likeness (QED) is 0.557. The van der Waals surface area contributed by atoms with E-state index in [1.54, 1.807) is 23.8 Å². The van der Waals surface area contributed by atoms with Crippen molar-refractivity contribution >= 4 is 27.2 Å². The van der Waals surface area contributed by atoms with E-state index in [-0.39, 0.29) is 5.78 Å². The van der Waals surface area contributed by atoms with Gasteiger partial charge in [0.25, 0.3) is 0 Å². The van der Waals surface area contributed by atoms with Crippen molar-refractivity contribution in [3.63, 3.8) is 0 Å². The SMILES string of the molecule is CC(=O)c1cccc(-c2cn3nc(NCc4ccncc4)sc3n2)c1. The summed E-state index contributed by atoms with van der Waals surface area (Å²) in [5.74, 6) is 0.0450. The number of Topliss-reactive ketones (excluding diaryl/α,β-unsaturated/α-hetero) is 1. The van der Waals surface area contributed by atoms with Gasteiger partial charge in [0.15, 0.2) is 5.78 Å². The molecule has 1 N–H and O–H groups in total. The molecule has 6 nitrogen and oxygen atoms in total. The standard InChI is InChI=1S/C18H15N5OS/c1-12(24)14-3-2-4-15(9-14)16-11-23-18(21-16)25-17(22-23)20-10-13-5-7-19-8-6-13/h2-9,11H,10H2,1H3,(H,20,22). The van der Waals surface area contributed by atoms with E-state index in [1.807, 2.05) is 42.6 Å². The van der Waals surface area contributed by atoms with E-state index in [0.29, 0.717) is 12.1 Å². The van der Waals surface area contributed by atoms with Gasteiger partial charge in [0.1, 0.15) is 0 Å². The van der Waals surface area contributed by atoms with Gasteiger partial charge >= 0.3 is 0 Å². The van der Waals surface area contributed by atoms with E-state index in [0.717, 1.165) is 26.9 Å². The molecule has 0 unspecified atom stereocenters. The molecule has 0 amide bonds. The van der Waals surface area contributed by atoms with Crippen LogP contribution in [0.1, 0.15) is 22.8 Å². The molecular weight excluding hydrogens is 334 g/mol. The zero-order valence-corrected chi connectivity index (χ0v) is 14.3. The first-order valence-electron chi connectivity index (χ1n) is 7.79. The van der Waals surface area contributed by atoms with Crippen LogP contribution in [0.2, 0.25) is 0 Å². The van der Waals surface area contributed by atoms with Crippen molar-refractivity contribution < 1.29 is 4.79 Å². The van der Waals surface area contributed by atoms with Gasteiger partial charge in [-0.2, -0.15) is 0 Å². The molecule has 4 aromatic rings. The Bertz CT molecular complexity index is 1010. The van der Waals surface area contributed by atoms with E-state index < -0.39 is 0 Å². The van der Waals surface area contributed by atoms with E-state index in [9.17, 15) is 4.79 Å². The average Bonchev–Trinajstić information content (AvgIpc) is 3.19. The first-order valence-corrected chi connectivity index (χ1v) is 8.61. The number of hydrogen-bond acceptors (Lipinski definition) is 6. The molecule has 0 aliphatic rings. The third kappa shape index (κ3) is 3.27. The Morgan fingerprint density at radius 3 is 2.84 bits per heavy atom. The van der Waals surface area contributed by atoms with Crippen molar-refractivity contribution in [3.05, 3.63) is 66.1 Å². The molecule has 124 valence electrons. The van der Waals surface area contributed by atoms with Crippen LogP contribution in [0.15, 0.2) is 55.0 Å². The van der Waals surface area contributed by atoms with Crippen molar-refractivity contribution in [2.45, 2.75) is 13.5 Å². The minimum Gasteiger partial charge on any atom is -0.356 e. The highest BCUT2D eigenvalue weighted by Crippen LogP contribution is 2.25. The van der Waals surface area contributed by atoms with Gasteiger partial charge in [0.2, 0.25) is 10.1 Å². The van der Waals surface area contributed by atoms with Crippen LogP contribution in [0.25, 0.3) is 16.2 Å². The summed E-state index contributed by atoms with van der Waals surface area (Å²) in [5.41, 5.74) is 3.55. The molecule has 0 atom stereocenters. The number of nitrogens with zero attached hydrogens (tertiary/aromatic N) is 4. The van der Waals surface area contributed by atoms with Crippen LogP contribution >= 0.6 is 11.3 Å². The number of benzene rings is 1. The first-order chi connectivity index (χ1) is 12.2. The molecule has 25 heavy (non-hydrogen) atoms. The summed E-state index contributed by atoms with van der Waals surface area (Å²) in [7, 11) is 0. The lowest BCUT2D eigenvalue weighted by atomic mass is 10.1. The topological polar surface area (TPSA) is 72.2 Å². The molecule has 0 aliphatic heterocycles. The molecule has 3 aromatic heterocycles. The Hall–Kier alpha value is -3.06. The van der Waals surface area contributed by atoms with Crippen molar-refractivity contribution in [3.8, 4) is 11.3 Å². The highest BCUT2D eigenvalue weighted by molar-refractivity contribution is 7.20. The fourth-order valence-corrected chi connectivity index (χ4v) is 3.26. The van der Waals surface area contributed by atoms with Gasteiger partial charge in [-0.1, -0.05) is 29.5 Å². The van der Waals surface area contributed by atoms with Crippen LogP contribution < -0.4 is 5.32 Å². The second kappa shape index (κ2) is 6.45. The second-order valence-electron chi connectivity index (χ2n) is 5.61. The monoisotopic (exact) mass is 349 g/mol. The number of hydrogen-bond donors (Lipinski definition) is 1. The third-order valence-corrected chi connectivity index (χ3v) is 4.68. The lowest BCUT2D eigenvalue weighted by Gasteiger charge is -2.01. The largest absolute Gasteiger partial charge is 0.356 e. The summed E-state index contributed by atoms with van der Waals surface area (Å²) in [6.07, 6.45) is 5.42. The van der Waals surface area contributed by atoms with Gasteiger partial charge in [-0.25, -0.2) is 9.50 Å². The number of ketones is 1. The molecule has 0 saturated heterocycles. The maximum Gasteiger partial charge on any atom is 0.214 e. The van der Waals surface area contributed by atoms with Gasteiger partial charge in [0.05, 0.1) is 11.9 Å². The van der Waals surface area contributed by atoms with Gasteiger partial charge in [-0.3, -0.25) is 9.78 Å². The molecule has 3 heterocycles. The van der Waals surface area contributed by atoms with Crippen molar-refractivity contribution in [1.82, 2.24) is 19.6 Å². The lowest BCUT2D eigenvalue weighted by Crippen LogP contribution is -1.99. The third-order valence-electron chi connectivity index (χ3n) is 3.80. The summed E-state index contributed by atoms with van der Waals surface area (Å²) in [6, 6.07) is 11.4. The number of pyridine rings is 1. The molecule has 0 spiro atoms. The Morgan fingerprint density at radius 2 is 2.08 bits per heavy atom. The predicted octanol–water partition coefficient (Wildman–Crippen LogP) is 3.67. The van der Waals surface area contributed by atoms with Crippen LogP contribution in [-0.2, 0) is 6.54 Å². The van der Waals surface area contributed by atoms with Crippen molar-refractivity contribution in [2.24, 2.45) is 0 Å². The smallest absolute Gasteiger partial charge is 0.214 e. The number of imidazole rings is 1. The normalized spacial score (nSPS) is 10.9. The zero-order chi connectivity index (χ0) is 17.2. The van der Waals surface area contributed by atoms with E-state index in [4.69, 9.17) is 0 Å². The molecule has 0 aliphatic carbocycles. The summed E-state index contributed by atoms with van der Waals surface area (Å²) in [4.78, 5) is 21.0. The van der Waals surface area contributed by atoms with E-state index in [2.05, 4.69) is 20.4 Å². The lowest BCUT2D eigenvalue weighted by molar-refractivity contribution is 0.101. The second-order valence-corrected chi connectivity index (χ2v) is 6.56. The minimum absolute atomic E-state index is 0.0450. The van der Waals surface area contributed by atoms with Crippen molar-refractivity contribution in [2.75, 3.05) is 5.32 Å². The van der Waals surface area contributed by atoms with Gasteiger partial charge in [-0.05, 0) is 30.7 Å². The number of aromatic nitrogens is 4. The van der Waals surface area contributed by atoms with Gasteiger partial charge < -0.3 is 5.32 Å². The van der Waals surface area contributed by atoms with Crippen LogP contribution in [-0.4, -0.2) is 25.4 Å². The van der Waals surface area contributed by atoms with Gasteiger partial charge in [0, 0.05) is 30.1 Å².